The Morgan fingerprint density at radius 1 is 1.33 bits per heavy atom. The zero-order valence-corrected chi connectivity index (χ0v) is 14.6. The molecule has 0 bridgehead atoms. The molecule has 128 valence electrons. The molecule has 0 saturated carbocycles. The minimum absolute atomic E-state index is 0.0333. The lowest BCUT2D eigenvalue weighted by molar-refractivity contribution is 0.0924. The molecule has 1 unspecified atom stereocenters. The predicted octanol–water partition coefficient (Wildman–Crippen LogP) is 1.81. The summed E-state index contributed by atoms with van der Waals surface area (Å²) in [5.74, 6) is 0.673. The quantitative estimate of drug-likeness (QED) is 0.914. The van der Waals surface area contributed by atoms with Crippen LogP contribution in [-0.2, 0) is 22.8 Å². The van der Waals surface area contributed by atoms with Gasteiger partial charge in [-0.15, -0.1) is 0 Å². The molecule has 0 saturated heterocycles. The molecule has 1 N–H and O–H groups in total. The smallest absolute Gasteiger partial charge is 0.252 e. The molecule has 1 amide bonds. The average molecular weight is 347 g/mol. The third kappa shape index (κ3) is 3.08. The number of hydrogen-bond acceptors (Lipinski definition) is 4. The summed E-state index contributed by atoms with van der Waals surface area (Å²) in [5.41, 5.74) is 0.211. The molecular formula is C17H21N3O3S. The summed E-state index contributed by atoms with van der Waals surface area (Å²) in [7, 11) is -3.51. The number of carbonyl (C=O) groups is 1. The highest BCUT2D eigenvalue weighted by Crippen LogP contribution is 2.21. The summed E-state index contributed by atoms with van der Waals surface area (Å²) in [4.78, 5) is 17.0. The van der Waals surface area contributed by atoms with Crippen molar-refractivity contribution in [2.75, 3.05) is 0 Å². The second-order valence-corrected chi connectivity index (χ2v) is 8.77. The standard InChI is InChI=1S/C17H21N3O3S/c1-12(2)24(22,23)15-6-4-3-5-14(15)17(21)19-13-7-8-16-18-9-10-20(16)11-13/h3-6,9-10,12-13H,7-8,11H2,1-2H3,(H,19,21). The Hall–Kier alpha value is -2.15. The molecule has 3 rings (SSSR count). The Bertz CT molecular complexity index is 855. The number of fused-ring (bicyclic) bond motifs is 1. The number of sulfone groups is 1. The van der Waals surface area contributed by atoms with Crippen LogP contribution in [0.2, 0.25) is 0 Å². The molecule has 1 aromatic carbocycles. The van der Waals surface area contributed by atoms with E-state index in [1.807, 2.05) is 10.8 Å². The third-order valence-electron chi connectivity index (χ3n) is 4.33. The first kappa shape index (κ1) is 16.7. The number of aryl methyl sites for hydroxylation is 1. The second-order valence-electron chi connectivity index (χ2n) is 6.29. The van der Waals surface area contributed by atoms with Crippen LogP contribution in [0.4, 0.5) is 0 Å². The van der Waals surface area contributed by atoms with E-state index in [2.05, 4.69) is 10.3 Å². The van der Waals surface area contributed by atoms with E-state index in [-0.39, 0.29) is 22.4 Å². The van der Waals surface area contributed by atoms with E-state index in [0.29, 0.717) is 6.54 Å². The van der Waals surface area contributed by atoms with Gasteiger partial charge in [-0.05, 0) is 32.4 Å². The van der Waals surface area contributed by atoms with Crippen molar-refractivity contribution in [1.29, 1.82) is 0 Å². The number of benzene rings is 1. The van der Waals surface area contributed by atoms with Crippen molar-refractivity contribution >= 4 is 15.7 Å². The number of amides is 1. The van der Waals surface area contributed by atoms with Gasteiger partial charge in [-0.2, -0.15) is 0 Å². The SMILES string of the molecule is CC(C)S(=O)(=O)c1ccccc1C(=O)NC1CCc2nccn2C1. The molecule has 1 atom stereocenters. The first-order valence-electron chi connectivity index (χ1n) is 8.03. The van der Waals surface area contributed by atoms with E-state index >= 15 is 0 Å². The molecule has 24 heavy (non-hydrogen) atoms. The maximum Gasteiger partial charge on any atom is 0.252 e. The van der Waals surface area contributed by atoms with Crippen molar-refractivity contribution in [2.45, 2.75) is 49.4 Å². The molecular weight excluding hydrogens is 326 g/mol. The minimum atomic E-state index is -3.51. The van der Waals surface area contributed by atoms with Gasteiger partial charge in [0.2, 0.25) is 0 Å². The van der Waals surface area contributed by atoms with Gasteiger partial charge in [0.1, 0.15) is 5.82 Å². The maximum atomic E-state index is 12.7. The molecule has 0 fully saturated rings. The number of imidazole rings is 1. The molecule has 2 heterocycles. The minimum Gasteiger partial charge on any atom is -0.347 e. The van der Waals surface area contributed by atoms with E-state index < -0.39 is 15.1 Å². The van der Waals surface area contributed by atoms with Gasteiger partial charge in [0, 0.05) is 31.4 Å². The van der Waals surface area contributed by atoms with Gasteiger partial charge in [0.15, 0.2) is 9.84 Å². The van der Waals surface area contributed by atoms with Gasteiger partial charge >= 0.3 is 0 Å². The topological polar surface area (TPSA) is 81.1 Å². The number of nitrogens with zero attached hydrogens (tertiary/aromatic N) is 2. The van der Waals surface area contributed by atoms with Gasteiger partial charge in [-0.3, -0.25) is 4.79 Å². The third-order valence-corrected chi connectivity index (χ3v) is 6.54. The highest BCUT2D eigenvalue weighted by molar-refractivity contribution is 7.92. The van der Waals surface area contributed by atoms with Crippen LogP contribution in [-0.4, -0.2) is 35.2 Å². The number of aromatic nitrogens is 2. The highest BCUT2D eigenvalue weighted by Gasteiger charge is 2.27. The second kappa shape index (κ2) is 6.39. The lowest BCUT2D eigenvalue weighted by atomic mass is 10.1. The summed E-state index contributed by atoms with van der Waals surface area (Å²) in [6.07, 6.45) is 5.24. The van der Waals surface area contributed by atoms with Crippen LogP contribution in [0.15, 0.2) is 41.6 Å². The molecule has 1 aliphatic rings. The van der Waals surface area contributed by atoms with Gasteiger partial charge in [0.05, 0.1) is 15.7 Å². The Balaban J connectivity index is 1.82. The molecule has 0 radical (unpaired) electrons. The number of carbonyl (C=O) groups excluding carboxylic acids is 1. The Morgan fingerprint density at radius 2 is 2.08 bits per heavy atom. The molecule has 1 aliphatic heterocycles. The zero-order chi connectivity index (χ0) is 17.3. The fourth-order valence-corrected chi connectivity index (χ4v) is 4.15. The van der Waals surface area contributed by atoms with E-state index in [0.717, 1.165) is 18.7 Å². The van der Waals surface area contributed by atoms with Crippen molar-refractivity contribution in [3.63, 3.8) is 0 Å². The molecule has 0 aliphatic carbocycles. The van der Waals surface area contributed by atoms with Gasteiger partial charge in [0.25, 0.3) is 5.91 Å². The number of hydrogen-bond donors (Lipinski definition) is 1. The van der Waals surface area contributed by atoms with E-state index in [1.165, 1.54) is 6.07 Å². The summed E-state index contributed by atoms with van der Waals surface area (Å²) >= 11 is 0. The van der Waals surface area contributed by atoms with E-state index in [4.69, 9.17) is 0 Å². The Labute approximate surface area is 141 Å². The molecule has 1 aromatic heterocycles. The molecule has 6 nitrogen and oxygen atoms in total. The first-order chi connectivity index (χ1) is 11.4. The maximum absolute atomic E-state index is 12.7. The highest BCUT2D eigenvalue weighted by atomic mass is 32.2. The monoisotopic (exact) mass is 347 g/mol. The average Bonchev–Trinajstić information content (AvgIpc) is 3.02. The fourth-order valence-electron chi connectivity index (χ4n) is 2.90. The van der Waals surface area contributed by atoms with Crippen molar-refractivity contribution in [3.8, 4) is 0 Å². The lowest BCUT2D eigenvalue weighted by Gasteiger charge is -2.25. The van der Waals surface area contributed by atoms with Crippen LogP contribution in [0.1, 0.15) is 36.5 Å². The summed E-state index contributed by atoms with van der Waals surface area (Å²) in [6.45, 7) is 3.89. The first-order valence-corrected chi connectivity index (χ1v) is 9.58. The van der Waals surface area contributed by atoms with Gasteiger partial charge in [-0.1, -0.05) is 12.1 Å². The van der Waals surface area contributed by atoms with E-state index in [1.54, 1.807) is 38.2 Å². The van der Waals surface area contributed by atoms with Crippen molar-refractivity contribution < 1.29 is 13.2 Å². The van der Waals surface area contributed by atoms with Crippen LogP contribution in [0.3, 0.4) is 0 Å². The molecule has 0 spiro atoms. The van der Waals surface area contributed by atoms with E-state index in [9.17, 15) is 13.2 Å². The Kier molecular flexibility index (Phi) is 4.45. The predicted molar refractivity (Wildman–Crippen MR) is 90.6 cm³/mol. The van der Waals surface area contributed by atoms with Crippen LogP contribution in [0.5, 0.6) is 0 Å². The van der Waals surface area contributed by atoms with Crippen LogP contribution in [0, 0.1) is 0 Å². The molecule has 7 heteroatoms. The van der Waals surface area contributed by atoms with Crippen LogP contribution in [0.25, 0.3) is 0 Å². The van der Waals surface area contributed by atoms with Crippen molar-refractivity contribution in [2.24, 2.45) is 0 Å². The van der Waals surface area contributed by atoms with Crippen LogP contribution >= 0.6 is 0 Å². The van der Waals surface area contributed by atoms with Gasteiger partial charge < -0.3 is 9.88 Å². The fraction of sp³-hybridized carbons (Fsp3) is 0.412. The van der Waals surface area contributed by atoms with Crippen LogP contribution < -0.4 is 5.32 Å². The van der Waals surface area contributed by atoms with Gasteiger partial charge in [-0.25, -0.2) is 13.4 Å². The van der Waals surface area contributed by atoms with Crippen molar-refractivity contribution in [3.05, 3.63) is 48.0 Å². The normalized spacial score (nSPS) is 17.5. The number of nitrogens with one attached hydrogen (secondary N) is 1. The molecule has 2 aromatic rings. The lowest BCUT2D eigenvalue weighted by Crippen LogP contribution is -2.41. The summed E-state index contributed by atoms with van der Waals surface area (Å²) in [6, 6.07) is 6.36. The number of rotatable bonds is 4. The van der Waals surface area contributed by atoms with Crippen molar-refractivity contribution in [1.82, 2.24) is 14.9 Å². The summed E-state index contributed by atoms with van der Waals surface area (Å²) in [5, 5.41) is 2.39. The zero-order valence-electron chi connectivity index (χ0n) is 13.8. The Morgan fingerprint density at radius 3 is 2.83 bits per heavy atom. The summed E-state index contributed by atoms with van der Waals surface area (Å²) < 4.78 is 27.0. The largest absolute Gasteiger partial charge is 0.347 e.